The predicted molar refractivity (Wildman–Crippen MR) is 43.9 cm³/mol. The Morgan fingerprint density at radius 3 is 2.90 bits per heavy atom. The lowest BCUT2D eigenvalue weighted by molar-refractivity contribution is 0.384. The van der Waals surface area contributed by atoms with E-state index >= 15 is 0 Å². The van der Waals surface area contributed by atoms with Crippen LogP contribution in [0.15, 0.2) is 11.6 Å². The molecule has 1 saturated carbocycles. The van der Waals surface area contributed by atoms with Crippen LogP contribution in [-0.4, -0.2) is 0 Å². The molecular weight excluding hydrogens is 120 g/mol. The van der Waals surface area contributed by atoms with E-state index in [1.165, 1.54) is 44.9 Å². The summed E-state index contributed by atoms with van der Waals surface area (Å²) in [7, 11) is 0. The maximum atomic E-state index is 2.51. The van der Waals surface area contributed by atoms with Gasteiger partial charge in [-0.3, -0.25) is 0 Å². The first-order valence-electron chi connectivity index (χ1n) is 4.66. The Morgan fingerprint density at radius 1 is 1.10 bits per heavy atom. The van der Waals surface area contributed by atoms with Crippen molar-refractivity contribution in [1.82, 2.24) is 0 Å². The van der Waals surface area contributed by atoms with Crippen molar-refractivity contribution >= 4 is 0 Å². The Balaban J connectivity index is 1.99. The molecular formula is C10H16. The summed E-state index contributed by atoms with van der Waals surface area (Å²) in [5.41, 5.74) is 1.79. The summed E-state index contributed by atoms with van der Waals surface area (Å²) in [5, 5.41) is 0. The molecule has 0 amide bonds. The number of allylic oxidation sites excluding steroid dienone is 2. The molecule has 1 unspecified atom stereocenters. The summed E-state index contributed by atoms with van der Waals surface area (Å²) in [6.07, 6.45) is 12.7. The summed E-state index contributed by atoms with van der Waals surface area (Å²) in [5.74, 6) is 1.03. The van der Waals surface area contributed by atoms with Crippen molar-refractivity contribution in [1.29, 1.82) is 0 Å². The number of rotatable bonds is 0. The lowest BCUT2D eigenvalue weighted by Gasteiger charge is -2.31. The van der Waals surface area contributed by atoms with Gasteiger partial charge in [-0.05, 0) is 38.0 Å². The van der Waals surface area contributed by atoms with E-state index in [0.717, 1.165) is 5.92 Å². The summed E-state index contributed by atoms with van der Waals surface area (Å²) in [6, 6.07) is 0. The molecule has 0 heteroatoms. The van der Waals surface area contributed by atoms with Crippen molar-refractivity contribution in [2.75, 3.05) is 0 Å². The SMILES string of the molecule is C1=C2/CCC2CCCCC/1. The molecule has 0 nitrogen and oxygen atoms in total. The highest BCUT2D eigenvalue weighted by Crippen LogP contribution is 2.38. The molecule has 0 heterocycles. The largest absolute Gasteiger partial charge is 0.0851 e. The second-order valence-electron chi connectivity index (χ2n) is 3.65. The molecule has 1 fully saturated rings. The molecule has 0 saturated heterocycles. The Hall–Kier alpha value is -0.260. The monoisotopic (exact) mass is 136 g/mol. The topological polar surface area (TPSA) is 0 Å². The van der Waals surface area contributed by atoms with Crippen LogP contribution in [0.5, 0.6) is 0 Å². The molecule has 0 aromatic heterocycles. The third kappa shape index (κ3) is 1.12. The normalized spacial score (nSPS) is 38.0. The van der Waals surface area contributed by atoms with Gasteiger partial charge in [0.1, 0.15) is 0 Å². The van der Waals surface area contributed by atoms with E-state index in [0.29, 0.717) is 0 Å². The molecule has 0 spiro atoms. The maximum Gasteiger partial charge on any atom is -0.0200 e. The average molecular weight is 136 g/mol. The van der Waals surface area contributed by atoms with Crippen LogP contribution in [-0.2, 0) is 0 Å². The van der Waals surface area contributed by atoms with Crippen LogP contribution in [0.2, 0.25) is 0 Å². The number of fused-ring (bicyclic) bond motifs is 1. The van der Waals surface area contributed by atoms with Crippen LogP contribution >= 0.6 is 0 Å². The van der Waals surface area contributed by atoms with Crippen LogP contribution in [0.25, 0.3) is 0 Å². The molecule has 0 aromatic rings. The summed E-state index contributed by atoms with van der Waals surface area (Å²) in [6.45, 7) is 0. The van der Waals surface area contributed by atoms with Gasteiger partial charge in [0.05, 0.1) is 0 Å². The van der Waals surface area contributed by atoms with Crippen LogP contribution in [0.3, 0.4) is 0 Å². The van der Waals surface area contributed by atoms with Crippen LogP contribution in [0.1, 0.15) is 44.9 Å². The minimum Gasteiger partial charge on any atom is -0.0851 e. The molecule has 2 aliphatic rings. The van der Waals surface area contributed by atoms with Gasteiger partial charge in [-0.2, -0.15) is 0 Å². The van der Waals surface area contributed by atoms with Crippen molar-refractivity contribution < 1.29 is 0 Å². The van der Waals surface area contributed by atoms with Gasteiger partial charge in [0.2, 0.25) is 0 Å². The van der Waals surface area contributed by atoms with Gasteiger partial charge in [-0.1, -0.05) is 24.5 Å². The fraction of sp³-hybridized carbons (Fsp3) is 0.800. The van der Waals surface area contributed by atoms with Gasteiger partial charge in [0.15, 0.2) is 0 Å². The number of hydrogen-bond acceptors (Lipinski definition) is 0. The van der Waals surface area contributed by atoms with Crippen molar-refractivity contribution in [3.63, 3.8) is 0 Å². The van der Waals surface area contributed by atoms with Crippen molar-refractivity contribution in [2.24, 2.45) is 5.92 Å². The minimum absolute atomic E-state index is 1.03. The zero-order valence-electron chi connectivity index (χ0n) is 6.60. The Labute approximate surface area is 63.3 Å². The maximum absolute atomic E-state index is 2.51. The van der Waals surface area contributed by atoms with Gasteiger partial charge < -0.3 is 0 Å². The molecule has 0 aliphatic heterocycles. The zero-order valence-corrected chi connectivity index (χ0v) is 6.60. The average Bonchev–Trinajstić information content (AvgIpc) is 1.89. The Bertz CT molecular complexity index is 144. The molecule has 1 atom stereocenters. The van der Waals surface area contributed by atoms with Crippen LogP contribution < -0.4 is 0 Å². The summed E-state index contributed by atoms with van der Waals surface area (Å²) in [4.78, 5) is 0. The lowest BCUT2D eigenvalue weighted by atomic mass is 9.74. The fourth-order valence-electron chi connectivity index (χ4n) is 2.11. The van der Waals surface area contributed by atoms with Crippen LogP contribution in [0.4, 0.5) is 0 Å². The standard InChI is InChI=1S/C10H16/c1-2-4-6-10-8-7-9(10)5-3-1/h5,10H,1-4,6-8H2/b9-5-. The highest BCUT2D eigenvalue weighted by molar-refractivity contribution is 5.15. The van der Waals surface area contributed by atoms with Gasteiger partial charge in [-0.25, -0.2) is 0 Å². The molecule has 10 heavy (non-hydrogen) atoms. The first kappa shape index (κ1) is 6.45. The van der Waals surface area contributed by atoms with Crippen LogP contribution in [0, 0.1) is 5.92 Å². The van der Waals surface area contributed by atoms with E-state index in [1.807, 2.05) is 0 Å². The molecule has 0 N–H and O–H groups in total. The zero-order chi connectivity index (χ0) is 6.81. The molecule has 0 aromatic carbocycles. The lowest BCUT2D eigenvalue weighted by Crippen LogP contribution is -2.16. The number of hydrogen-bond donors (Lipinski definition) is 0. The van der Waals surface area contributed by atoms with E-state index in [1.54, 1.807) is 5.57 Å². The molecule has 0 radical (unpaired) electrons. The van der Waals surface area contributed by atoms with Gasteiger partial charge >= 0.3 is 0 Å². The van der Waals surface area contributed by atoms with Gasteiger partial charge in [0, 0.05) is 0 Å². The third-order valence-electron chi connectivity index (χ3n) is 2.97. The summed E-state index contributed by atoms with van der Waals surface area (Å²) >= 11 is 0. The quantitative estimate of drug-likeness (QED) is 0.448. The van der Waals surface area contributed by atoms with Crippen molar-refractivity contribution in [3.05, 3.63) is 11.6 Å². The Kier molecular flexibility index (Phi) is 1.79. The van der Waals surface area contributed by atoms with E-state index in [4.69, 9.17) is 0 Å². The minimum atomic E-state index is 1.03. The second-order valence-corrected chi connectivity index (χ2v) is 3.65. The second kappa shape index (κ2) is 2.77. The van der Waals surface area contributed by atoms with E-state index < -0.39 is 0 Å². The van der Waals surface area contributed by atoms with E-state index in [2.05, 4.69) is 6.08 Å². The molecule has 2 rings (SSSR count). The molecule has 0 bridgehead atoms. The van der Waals surface area contributed by atoms with E-state index in [9.17, 15) is 0 Å². The summed E-state index contributed by atoms with van der Waals surface area (Å²) < 4.78 is 0. The van der Waals surface area contributed by atoms with Gasteiger partial charge in [0.25, 0.3) is 0 Å². The highest BCUT2D eigenvalue weighted by Gasteiger charge is 2.23. The third-order valence-corrected chi connectivity index (χ3v) is 2.97. The van der Waals surface area contributed by atoms with Crippen molar-refractivity contribution in [2.45, 2.75) is 44.9 Å². The highest BCUT2D eigenvalue weighted by atomic mass is 14.3. The molecule has 56 valence electrons. The first-order chi connectivity index (χ1) is 4.97. The Morgan fingerprint density at radius 2 is 2.10 bits per heavy atom. The smallest absolute Gasteiger partial charge is 0.0200 e. The van der Waals surface area contributed by atoms with E-state index in [-0.39, 0.29) is 0 Å². The first-order valence-corrected chi connectivity index (χ1v) is 4.66. The molecule has 2 aliphatic carbocycles. The van der Waals surface area contributed by atoms with Crippen molar-refractivity contribution in [3.8, 4) is 0 Å². The predicted octanol–water partition coefficient (Wildman–Crippen LogP) is 3.29. The van der Waals surface area contributed by atoms with Gasteiger partial charge in [-0.15, -0.1) is 0 Å². The fourth-order valence-corrected chi connectivity index (χ4v) is 2.11.